The summed E-state index contributed by atoms with van der Waals surface area (Å²) in [4.78, 5) is 10.9. The van der Waals surface area contributed by atoms with E-state index in [1.807, 2.05) is 31.2 Å². The number of hydrogen-bond acceptors (Lipinski definition) is 4. The van der Waals surface area contributed by atoms with Crippen LogP contribution in [0, 0.1) is 6.92 Å². The quantitative estimate of drug-likeness (QED) is 0.766. The maximum Gasteiger partial charge on any atom is 0.305 e. The zero-order valence-electron chi connectivity index (χ0n) is 10.2. The van der Waals surface area contributed by atoms with Crippen molar-refractivity contribution >= 4 is 5.97 Å². The number of carbonyl (C=O) groups is 1. The van der Waals surface area contributed by atoms with E-state index in [-0.39, 0.29) is 19.2 Å². The number of aliphatic hydroxyl groups excluding tert-OH is 1. The molecular formula is C13H18O4. The van der Waals surface area contributed by atoms with Gasteiger partial charge in [0.15, 0.2) is 0 Å². The minimum atomic E-state index is -0.799. The Morgan fingerprint density at radius 2 is 1.94 bits per heavy atom. The second-order valence-corrected chi connectivity index (χ2v) is 3.81. The van der Waals surface area contributed by atoms with Crippen molar-refractivity contribution in [3.63, 3.8) is 0 Å². The Balaban J connectivity index is 2.25. The average Bonchev–Trinajstić information content (AvgIpc) is 2.35. The molecule has 17 heavy (non-hydrogen) atoms. The predicted molar refractivity (Wildman–Crippen MR) is 63.9 cm³/mol. The molecule has 0 saturated heterocycles. The number of benzene rings is 1. The monoisotopic (exact) mass is 238 g/mol. The van der Waals surface area contributed by atoms with Crippen molar-refractivity contribution in [2.24, 2.45) is 0 Å². The highest BCUT2D eigenvalue weighted by molar-refractivity contribution is 5.68. The van der Waals surface area contributed by atoms with Crippen LogP contribution < -0.4 is 4.74 Å². The normalized spacial score (nSPS) is 11.9. The summed E-state index contributed by atoms with van der Waals surface area (Å²) in [6, 6.07) is 7.53. The van der Waals surface area contributed by atoms with Crippen LogP contribution in [0.5, 0.6) is 5.75 Å². The fraction of sp³-hybridized carbons (Fsp3) is 0.462. The molecule has 1 aromatic rings. The second-order valence-electron chi connectivity index (χ2n) is 3.81. The molecule has 0 saturated carbocycles. The molecule has 0 aliphatic carbocycles. The summed E-state index contributed by atoms with van der Waals surface area (Å²) in [5, 5.41) is 9.51. The number of aryl methyl sites for hydroxylation is 1. The lowest BCUT2D eigenvalue weighted by Gasteiger charge is -2.12. The fourth-order valence-electron chi connectivity index (χ4n) is 1.17. The highest BCUT2D eigenvalue weighted by atomic mass is 16.5. The van der Waals surface area contributed by atoms with Gasteiger partial charge < -0.3 is 14.6 Å². The Morgan fingerprint density at radius 1 is 1.29 bits per heavy atom. The van der Waals surface area contributed by atoms with Gasteiger partial charge in [0.2, 0.25) is 0 Å². The van der Waals surface area contributed by atoms with E-state index in [4.69, 9.17) is 9.47 Å². The van der Waals surface area contributed by atoms with Crippen LogP contribution in [0.15, 0.2) is 24.3 Å². The van der Waals surface area contributed by atoms with Gasteiger partial charge in [-0.2, -0.15) is 0 Å². The van der Waals surface area contributed by atoms with Gasteiger partial charge in [-0.3, -0.25) is 4.79 Å². The molecule has 0 fully saturated rings. The number of aliphatic hydroxyl groups is 1. The Hall–Kier alpha value is -1.55. The van der Waals surface area contributed by atoms with Crippen LogP contribution >= 0.6 is 0 Å². The van der Waals surface area contributed by atoms with Crippen LogP contribution in [-0.2, 0) is 9.53 Å². The lowest BCUT2D eigenvalue weighted by Crippen LogP contribution is -2.25. The summed E-state index contributed by atoms with van der Waals surface area (Å²) in [5.41, 5.74) is 1.15. The lowest BCUT2D eigenvalue weighted by atomic mass is 10.2. The minimum absolute atomic E-state index is 0.0292. The van der Waals surface area contributed by atoms with Crippen LogP contribution in [0.1, 0.15) is 18.9 Å². The number of rotatable bonds is 6. The van der Waals surface area contributed by atoms with Crippen molar-refractivity contribution in [1.82, 2.24) is 0 Å². The molecule has 0 spiro atoms. The molecule has 0 amide bonds. The van der Waals surface area contributed by atoms with E-state index >= 15 is 0 Å². The third kappa shape index (κ3) is 5.36. The molecule has 0 bridgehead atoms. The van der Waals surface area contributed by atoms with Crippen LogP contribution in [0.4, 0.5) is 0 Å². The Morgan fingerprint density at radius 3 is 2.53 bits per heavy atom. The molecule has 1 rings (SSSR count). The van der Waals surface area contributed by atoms with Crippen LogP contribution in [0.3, 0.4) is 0 Å². The largest absolute Gasteiger partial charge is 0.491 e. The van der Waals surface area contributed by atoms with Gasteiger partial charge in [-0.15, -0.1) is 0 Å². The van der Waals surface area contributed by atoms with Crippen LogP contribution in [-0.4, -0.2) is 30.4 Å². The molecule has 0 aliphatic heterocycles. The van der Waals surface area contributed by atoms with E-state index in [9.17, 15) is 9.90 Å². The summed E-state index contributed by atoms with van der Waals surface area (Å²) in [5.74, 6) is 0.371. The third-order valence-corrected chi connectivity index (χ3v) is 2.19. The first-order chi connectivity index (χ1) is 8.11. The van der Waals surface area contributed by atoms with Crippen molar-refractivity contribution in [2.75, 3.05) is 13.2 Å². The smallest absolute Gasteiger partial charge is 0.305 e. The second kappa shape index (κ2) is 6.91. The lowest BCUT2D eigenvalue weighted by molar-refractivity contribution is -0.146. The van der Waals surface area contributed by atoms with Gasteiger partial charge in [-0.05, 0) is 19.1 Å². The molecule has 1 N–H and O–H groups in total. The van der Waals surface area contributed by atoms with Crippen molar-refractivity contribution < 1.29 is 19.4 Å². The summed E-state index contributed by atoms with van der Waals surface area (Å²) in [7, 11) is 0. The van der Waals surface area contributed by atoms with Gasteiger partial charge in [0.25, 0.3) is 0 Å². The Labute approximate surface area is 101 Å². The van der Waals surface area contributed by atoms with Crippen molar-refractivity contribution in [3.8, 4) is 5.75 Å². The third-order valence-electron chi connectivity index (χ3n) is 2.19. The maximum atomic E-state index is 10.9. The predicted octanol–water partition coefficient (Wildman–Crippen LogP) is 1.69. The molecule has 1 aromatic carbocycles. The first-order valence-corrected chi connectivity index (χ1v) is 5.65. The Bertz CT molecular complexity index is 345. The van der Waals surface area contributed by atoms with Gasteiger partial charge in [-0.1, -0.05) is 24.6 Å². The summed E-state index contributed by atoms with van der Waals surface area (Å²) in [6.45, 7) is 3.78. The molecule has 0 heterocycles. The van der Waals surface area contributed by atoms with E-state index in [1.165, 1.54) is 0 Å². The fourth-order valence-corrected chi connectivity index (χ4v) is 1.17. The van der Waals surface area contributed by atoms with Crippen LogP contribution in [0.2, 0.25) is 0 Å². The van der Waals surface area contributed by atoms with Crippen molar-refractivity contribution in [3.05, 3.63) is 29.8 Å². The van der Waals surface area contributed by atoms with Gasteiger partial charge in [0.1, 0.15) is 25.1 Å². The summed E-state index contributed by atoms with van der Waals surface area (Å²) >= 11 is 0. The highest BCUT2D eigenvalue weighted by Gasteiger charge is 2.08. The van der Waals surface area contributed by atoms with Gasteiger partial charge in [-0.25, -0.2) is 0 Å². The number of hydrogen-bond donors (Lipinski definition) is 1. The first-order valence-electron chi connectivity index (χ1n) is 5.65. The standard InChI is InChI=1S/C13H18O4/c1-3-13(15)17-9-11(14)8-16-12-6-4-10(2)5-7-12/h4-7,11,14H,3,8-9H2,1-2H3/t11-/m1/s1. The molecule has 0 aliphatic rings. The van der Waals surface area contributed by atoms with E-state index < -0.39 is 6.10 Å². The highest BCUT2D eigenvalue weighted by Crippen LogP contribution is 2.11. The molecule has 0 aromatic heterocycles. The van der Waals surface area contributed by atoms with E-state index in [2.05, 4.69) is 0 Å². The number of carbonyl (C=O) groups excluding carboxylic acids is 1. The van der Waals surface area contributed by atoms with E-state index in [0.717, 1.165) is 5.56 Å². The topological polar surface area (TPSA) is 55.8 Å². The van der Waals surface area contributed by atoms with Gasteiger partial charge in [0.05, 0.1) is 0 Å². The maximum absolute atomic E-state index is 10.9. The molecule has 4 heteroatoms. The number of ether oxygens (including phenoxy) is 2. The molecule has 1 atom stereocenters. The summed E-state index contributed by atoms with van der Waals surface area (Å²) < 4.78 is 10.1. The zero-order chi connectivity index (χ0) is 12.7. The zero-order valence-corrected chi connectivity index (χ0v) is 10.2. The molecule has 4 nitrogen and oxygen atoms in total. The molecular weight excluding hydrogens is 220 g/mol. The summed E-state index contributed by atoms with van der Waals surface area (Å²) in [6.07, 6.45) is -0.488. The van der Waals surface area contributed by atoms with Gasteiger partial charge in [0, 0.05) is 6.42 Å². The van der Waals surface area contributed by atoms with E-state index in [1.54, 1.807) is 6.92 Å². The SMILES string of the molecule is CCC(=O)OC[C@H](O)COc1ccc(C)cc1. The average molecular weight is 238 g/mol. The van der Waals surface area contributed by atoms with Crippen molar-refractivity contribution in [2.45, 2.75) is 26.4 Å². The van der Waals surface area contributed by atoms with Gasteiger partial charge >= 0.3 is 5.97 Å². The van der Waals surface area contributed by atoms with E-state index in [0.29, 0.717) is 12.2 Å². The number of esters is 1. The molecule has 0 unspecified atom stereocenters. The first kappa shape index (κ1) is 13.5. The minimum Gasteiger partial charge on any atom is -0.491 e. The van der Waals surface area contributed by atoms with Crippen LogP contribution in [0.25, 0.3) is 0 Å². The molecule has 94 valence electrons. The van der Waals surface area contributed by atoms with Crippen molar-refractivity contribution in [1.29, 1.82) is 0 Å². The molecule has 0 radical (unpaired) electrons. The Kier molecular flexibility index (Phi) is 5.49.